The van der Waals surface area contributed by atoms with Gasteiger partial charge < -0.3 is 10.2 Å². The van der Waals surface area contributed by atoms with Crippen molar-refractivity contribution in [3.63, 3.8) is 0 Å². The number of amides is 2. The monoisotopic (exact) mass is 406 g/mol. The summed E-state index contributed by atoms with van der Waals surface area (Å²) in [6.45, 7) is 0.130. The highest BCUT2D eigenvalue weighted by Gasteiger charge is 2.30. The van der Waals surface area contributed by atoms with Crippen molar-refractivity contribution in [1.82, 2.24) is 24.6 Å². The molecular formula is C21H16F2N6O. The van der Waals surface area contributed by atoms with E-state index in [2.05, 4.69) is 20.4 Å². The van der Waals surface area contributed by atoms with Crippen LogP contribution in [0.25, 0.3) is 27.8 Å². The molecule has 1 fully saturated rings. The Morgan fingerprint density at radius 2 is 2.00 bits per heavy atom. The van der Waals surface area contributed by atoms with Crippen molar-refractivity contribution in [2.75, 3.05) is 18.4 Å². The normalized spacial score (nSPS) is 14.0. The van der Waals surface area contributed by atoms with E-state index in [9.17, 15) is 13.6 Å². The number of carbonyl (C=O) groups excluding carboxylic acids is 1. The lowest BCUT2D eigenvalue weighted by Crippen LogP contribution is -2.53. The molecule has 0 spiro atoms. The number of alkyl halides is 1. The van der Waals surface area contributed by atoms with Crippen LogP contribution in [0.1, 0.15) is 0 Å². The first-order valence-electron chi connectivity index (χ1n) is 9.32. The van der Waals surface area contributed by atoms with Crippen LogP contribution in [0.15, 0.2) is 61.2 Å². The maximum Gasteiger partial charge on any atom is 0.322 e. The van der Waals surface area contributed by atoms with Gasteiger partial charge in [-0.2, -0.15) is 0 Å². The third kappa shape index (κ3) is 3.34. The molecule has 0 bridgehead atoms. The predicted molar refractivity (Wildman–Crippen MR) is 108 cm³/mol. The first-order chi connectivity index (χ1) is 14.6. The number of rotatable bonds is 3. The molecule has 4 aromatic rings. The highest BCUT2D eigenvalue weighted by Crippen LogP contribution is 2.25. The van der Waals surface area contributed by atoms with Crippen molar-refractivity contribution in [2.45, 2.75) is 6.17 Å². The summed E-state index contributed by atoms with van der Waals surface area (Å²) < 4.78 is 28.8. The molecule has 2 amide bonds. The molecule has 1 saturated heterocycles. The van der Waals surface area contributed by atoms with Crippen LogP contribution in [-0.4, -0.2) is 49.9 Å². The molecule has 1 aliphatic heterocycles. The number of halogens is 2. The first kappa shape index (κ1) is 18.2. The van der Waals surface area contributed by atoms with E-state index < -0.39 is 18.0 Å². The smallest absolute Gasteiger partial charge is 0.319 e. The Kier molecular flexibility index (Phi) is 4.35. The second-order valence-corrected chi connectivity index (χ2v) is 7.05. The van der Waals surface area contributed by atoms with Gasteiger partial charge in [0, 0.05) is 47.0 Å². The molecular weight excluding hydrogens is 390 g/mol. The van der Waals surface area contributed by atoms with Gasteiger partial charge in [0.2, 0.25) is 0 Å². The topological polar surface area (TPSA) is 75.9 Å². The van der Waals surface area contributed by atoms with Crippen LogP contribution in [0.4, 0.5) is 19.3 Å². The highest BCUT2D eigenvalue weighted by atomic mass is 19.1. The van der Waals surface area contributed by atoms with Crippen LogP contribution in [0, 0.1) is 5.82 Å². The SMILES string of the molecule is O=C(Nc1ccc(F)c(-n2cc3cc(-c4cccnc4)cnc3n2)c1)N1CC(F)C1. The Morgan fingerprint density at radius 1 is 1.13 bits per heavy atom. The summed E-state index contributed by atoms with van der Waals surface area (Å²) in [5, 5.41) is 7.74. The molecule has 0 radical (unpaired) electrons. The van der Waals surface area contributed by atoms with Gasteiger partial charge >= 0.3 is 6.03 Å². The summed E-state index contributed by atoms with van der Waals surface area (Å²) in [6.07, 6.45) is 5.81. The predicted octanol–water partition coefficient (Wildman–Crippen LogP) is 3.81. The number of fused-ring (bicyclic) bond motifs is 1. The third-order valence-electron chi connectivity index (χ3n) is 4.92. The van der Waals surface area contributed by atoms with E-state index in [1.54, 1.807) is 24.8 Å². The summed E-state index contributed by atoms with van der Waals surface area (Å²) in [4.78, 5) is 21.9. The van der Waals surface area contributed by atoms with Crippen LogP contribution < -0.4 is 5.32 Å². The number of benzene rings is 1. The maximum atomic E-state index is 14.5. The van der Waals surface area contributed by atoms with Gasteiger partial charge in [-0.3, -0.25) is 4.98 Å². The van der Waals surface area contributed by atoms with Gasteiger partial charge in [-0.1, -0.05) is 6.07 Å². The van der Waals surface area contributed by atoms with Crippen molar-refractivity contribution in [3.05, 3.63) is 67.0 Å². The molecule has 0 saturated carbocycles. The van der Waals surface area contributed by atoms with Crippen molar-refractivity contribution >= 4 is 22.8 Å². The minimum Gasteiger partial charge on any atom is -0.319 e. The first-order valence-corrected chi connectivity index (χ1v) is 9.32. The molecule has 1 aliphatic rings. The fourth-order valence-corrected chi connectivity index (χ4v) is 3.29. The molecule has 0 atom stereocenters. The van der Waals surface area contributed by atoms with Gasteiger partial charge in [0.25, 0.3) is 0 Å². The number of nitrogens with one attached hydrogen (secondary N) is 1. The lowest BCUT2D eigenvalue weighted by molar-refractivity contribution is 0.0974. The van der Waals surface area contributed by atoms with Gasteiger partial charge in [0.1, 0.15) is 17.7 Å². The highest BCUT2D eigenvalue weighted by molar-refractivity contribution is 5.90. The Morgan fingerprint density at radius 3 is 2.77 bits per heavy atom. The zero-order valence-electron chi connectivity index (χ0n) is 15.7. The van der Waals surface area contributed by atoms with Gasteiger partial charge in [-0.25, -0.2) is 23.2 Å². The van der Waals surface area contributed by atoms with E-state index in [-0.39, 0.29) is 18.8 Å². The van der Waals surface area contributed by atoms with E-state index in [1.807, 2.05) is 18.2 Å². The fraction of sp³-hybridized carbons (Fsp3) is 0.143. The molecule has 5 rings (SSSR count). The Labute approximate surface area is 170 Å². The lowest BCUT2D eigenvalue weighted by atomic mass is 10.1. The Hall–Kier alpha value is -3.88. The van der Waals surface area contributed by atoms with Crippen molar-refractivity contribution in [3.8, 4) is 16.8 Å². The minimum absolute atomic E-state index is 0.0648. The molecule has 7 nitrogen and oxygen atoms in total. The van der Waals surface area contributed by atoms with Gasteiger partial charge in [-0.15, -0.1) is 5.10 Å². The van der Waals surface area contributed by atoms with Crippen molar-refractivity contribution in [1.29, 1.82) is 0 Å². The number of hydrogen-bond acceptors (Lipinski definition) is 4. The van der Waals surface area contributed by atoms with Gasteiger partial charge in [-0.05, 0) is 30.3 Å². The van der Waals surface area contributed by atoms with Crippen LogP contribution in [0.5, 0.6) is 0 Å². The Balaban J connectivity index is 1.45. The zero-order chi connectivity index (χ0) is 20.7. The molecule has 0 aliphatic carbocycles. The van der Waals surface area contributed by atoms with Crippen molar-refractivity contribution in [2.24, 2.45) is 0 Å². The Bertz CT molecular complexity index is 1240. The number of urea groups is 1. The second-order valence-electron chi connectivity index (χ2n) is 7.05. The fourth-order valence-electron chi connectivity index (χ4n) is 3.29. The number of likely N-dealkylation sites (tertiary alicyclic amines) is 1. The third-order valence-corrected chi connectivity index (χ3v) is 4.92. The van der Waals surface area contributed by atoms with Gasteiger partial charge in [0.15, 0.2) is 5.65 Å². The summed E-state index contributed by atoms with van der Waals surface area (Å²) in [5.41, 5.74) is 2.81. The van der Waals surface area contributed by atoms with Crippen LogP contribution in [0.3, 0.4) is 0 Å². The average molecular weight is 406 g/mol. The standard InChI is InChI=1S/C21H16F2N6O/c22-16-11-28(12-16)21(30)26-17-3-4-18(23)19(7-17)29-10-15-6-14(9-25-20(15)27-29)13-2-1-5-24-8-13/h1-10,16H,11-12H2,(H,26,30). The van der Waals surface area contributed by atoms with E-state index in [0.717, 1.165) is 16.5 Å². The molecule has 150 valence electrons. The molecule has 4 heterocycles. The zero-order valence-corrected chi connectivity index (χ0v) is 15.7. The largest absolute Gasteiger partial charge is 0.322 e. The number of aromatic nitrogens is 4. The number of pyridine rings is 2. The van der Waals surface area contributed by atoms with Gasteiger partial charge in [0.05, 0.1) is 13.1 Å². The molecule has 0 unspecified atom stereocenters. The summed E-state index contributed by atoms with van der Waals surface area (Å²) >= 11 is 0. The number of hydrogen-bond donors (Lipinski definition) is 1. The number of carbonyl (C=O) groups is 1. The lowest BCUT2D eigenvalue weighted by Gasteiger charge is -2.34. The quantitative estimate of drug-likeness (QED) is 0.561. The molecule has 1 N–H and O–H groups in total. The molecule has 3 aromatic heterocycles. The molecule has 9 heteroatoms. The number of anilines is 1. The van der Waals surface area contributed by atoms with E-state index in [1.165, 1.54) is 27.8 Å². The summed E-state index contributed by atoms with van der Waals surface area (Å²) in [7, 11) is 0. The van der Waals surface area contributed by atoms with Crippen LogP contribution >= 0.6 is 0 Å². The maximum absolute atomic E-state index is 14.5. The van der Waals surface area contributed by atoms with Crippen LogP contribution in [0.2, 0.25) is 0 Å². The summed E-state index contributed by atoms with van der Waals surface area (Å²) in [6, 6.07) is 9.43. The van der Waals surface area contributed by atoms with Crippen LogP contribution in [-0.2, 0) is 0 Å². The molecule has 1 aromatic carbocycles. The minimum atomic E-state index is -0.986. The van der Waals surface area contributed by atoms with E-state index in [4.69, 9.17) is 0 Å². The molecule has 30 heavy (non-hydrogen) atoms. The second kappa shape index (κ2) is 7.18. The van der Waals surface area contributed by atoms with E-state index in [0.29, 0.717) is 11.3 Å². The van der Waals surface area contributed by atoms with E-state index >= 15 is 0 Å². The van der Waals surface area contributed by atoms with Crippen molar-refractivity contribution < 1.29 is 13.6 Å². The summed E-state index contributed by atoms with van der Waals surface area (Å²) in [5.74, 6) is -0.499. The number of nitrogens with zero attached hydrogens (tertiary/aromatic N) is 5. The average Bonchev–Trinajstić information content (AvgIpc) is 3.16.